The van der Waals surface area contributed by atoms with Crippen LogP contribution in [0.4, 0.5) is 4.39 Å². The van der Waals surface area contributed by atoms with Crippen LogP contribution in [0.3, 0.4) is 0 Å². The predicted octanol–water partition coefficient (Wildman–Crippen LogP) is 0.328. The van der Waals surface area contributed by atoms with E-state index in [1.165, 1.54) is 13.8 Å². The molecule has 0 saturated heterocycles. The van der Waals surface area contributed by atoms with E-state index in [0.717, 1.165) is 7.11 Å². The van der Waals surface area contributed by atoms with E-state index < -0.39 is 39.2 Å². The van der Waals surface area contributed by atoms with Crippen molar-refractivity contribution in [3.05, 3.63) is 0 Å². The molecular weight excluding hydrogens is 243 g/mol. The van der Waals surface area contributed by atoms with Crippen LogP contribution in [0.25, 0.3) is 0 Å². The minimum absolute atomic E-state index is 0.909. The fourth-order valence-corrected chi connectivity index (χ4v) is 1.78. The maximum Gasteiger partial charge on any atom is 0.310 e. The summed E-state index contributed by atoms with van der Waals surface area (Å²) in [5, 5.41) is -3.64. The van der Waals surface area contributed by atoms with Crippen molar-refractivity contribution in [1.82, 2.24) is 0 Å². The van der Waals surface area contributed by atoms with Crippen molar-refractivity contribution in [2.45, 2.75) is 25.3 Å². The van der Waals surface area contributed by atoms with Gasteiger partial charge in [-0.25, -0.2) is 4.39 Å². The molecule has 0 radical (unpaired) electrons. The highest BCUT2D eigenvalue weighted by Gasteiger charge is 2.53. The molecule has 6 nitrogen and oxygen atoms in total. The van der Waals surface area contributed by atoms with Gasteiger partial charge in [-0.2, -0.15) is 8.42 Å². The van der Waals surface area contributed by atoms with Crippen LogP contribution < -0.4 is 0 Å². The Bertz CT molecular complexity index is 387. The highest BCUT2D eigenvalue weighted by molar-refractivity contribution is 7.88. The normalized spacial score (nSPS) is 15.6. The van der Waals surface area contributed by atoms with E-state index in [0.29, 0.717) is 0 Å². The average molecular weight is 256 g/mol. The van der Waals surface area contributed by atoms with Gasteiger partial charge in [-0.15, -0.1) is 0 Å². The molecule has 0 amide bonds. The van der Waals surface area contributed by atoms with Gasteiger partial charge in [0.15, 0.2) is 5.78 Å². The van der Waals surface area contributed by atoms with E-state index in [2.05, 4.69) is 4.74 Å². The standard InChI is InChI=1S/C8H13FO6S/c1-5(2)7(11)8(9,16(12,13)14)4-6(10)15-3/h5H,4H2,1-3H3,(H,12,13,14). The van der Waals surface area contributed by atoms with E-state index in [1.54, 1.807) is 0 Å². The molecule has 1 N–H and O–H groups in total. The van der Waals surface area contributed by atoms with Crippen LogP contribution in [-0.4, -0.2) is 36.8 Å². The van der Waals surface area contributed by atoms with Crippen molar-refractivity contribution < 1.29 is 31.7 Å². The zero-order valence-corrected chi connectivity index (χ0v) is 9.88. The lowest BCUT2D eigenvalue weighted by atomic mass is 10.0. The molecule has 0 aliphatic heterocycles. The average Bonchev–Trinajstić information content (AvgIpc) is 2.14. The second kappa shape index (κ2) is 4.88. The minimum atomic E-state index is -5.33. The van der Waals surface area contributed by atoms with Crippen LogP contribution in [0.1, 0.15) is 20.3 Å². The number of rotatable bonds is 5. The molecule has 0 aromatic carbocycles. The van der Waals surface area contributed by atoms with Crippen molar-refractivity contribution in [2.75, 3.05) is 7.11 Å². The van der Waals surface area contributed by atoms with Gasteiger partial charge in [0.05, 0.1) is 7.11 Å². The molecule has 0 fully saturated rings. The van der Waals surface area contributed by atoms with Crippen molar-refractivity contribution >= 4 is 21.9 Å². The van der Waals surface area contributed by atoms with Gasteiger partial charge in [0.25, 0.3) is 0 Å². The molecule has 0 aliphatic rings. The first-order valence-electron chi connectivity index (χ1n) is 4.33. The fourth-order valence-electron chi connectivity index (χ4n) is 0.994. The number of Topliss-reactive ketones (excluding diaryl/α,β-unsaturated/α-hetero) is 1. The number of carbonyl (C=O) groups is 2. The molecule has 0 aromatic rings. The summed E-state index contributed by atoms with van der Waals surface area (Å²) < 4.78 is 48.2. The van der Waals surface area contributed by atoms with Gasteiger partial charge < -0.3 is 4.74 Å². The topological polar surface area (TPSA) is 97.7 Å². The molecule has 1 atom stereocenters. The summed E-state index contributed by atoms with van der Waals surface area (Å²) in [5.74, 6) is -3.62. The summed E-state index contributed by atoms with van der Waals surface area (Å²) in [7, 11) is -4.42. The molecule has 0 aliphatic carbocycles. The van der Waals surface area contributed by atoms with Gasteiger partial charge in [-0.05, 0) is 0 Å². The molecule has 1 unspecified atom stereocenters. The Kier molecular flexibility index (Phi) is 4.56. The number of ketones is 1. The third-order valence-electron chi connectivity index (χ3n) is 1.90. The van der Waals surface area contributed by atoms with E-state index in [4.69, 9.17) is 4.55 Å². The van der Waals surface area contributed by atoms with Crippen LogP contribution in [-0.2, 0) is 24.4 Å². The van der Waals surface area contributed by atoms with Gasteiger partial charge in [0, 0.05) is 5.92 Å². The van der Waals surface area contributed by atoms with Gasteiger partial charge in [-0.1, -0.05) is 13.8 Å². The maximum absolute atomic E-state index is 13.9. The van der Waals surface area contributed by atoms with Crippen LogP contribution in [0.15, 0.2) is 0 Å². The molecular formula is C8H13FO6S. The molecule has 94 valence electrons. The van der Waals surface area contributed by atoms with Crippen molar-refractivity contribution in [3.63, 3.8) is 0 Å². The Morgan fingerprint density at radius 3 is 2.12 bits per heavy atom. The Morgan fingerprint density at radius 2 is 1.88 bits per heavy atom. The summed E-state index contributed by atoms with van der Waals surface area (Å²) >= 11 is 0. The van der Waals surface area contributed by atoms with E-state index in [1.807, 2.05) is 0 Å². The first kappa shape index (κ1) is 15.0. The van der Waals surface area contributed by atoms with Crippen molar-refractivity contribution in [1.29, 1.82) is 0 Å². The van der Waals surface area contributed by atoms with Gasteiger partial charge in [0.2, 0.25) is 0 Å². The Balaban J connectivity index is 5.39. The Morgan fingerprint density at radius 1 is 1.44 bits per heavy atom. The molecule has 0 aromatic heterocycles. The Labute approximate surface area is 92.5 Å². The second-order valence-electron chi connectivity index (χ2n) is 3.48. The highest BCUT2D eigenvalue weighted by Crippen LogP contribution is 2.28. The summed E-state index contributed by atoms with van der Waals surface area (Å²) in [4.78, 5) is 22.2. The number of esters is 1. The van der Waals surface area contributed by atoms with Gasteiger partial charge in [-0.3, -0.25) is 14.1 Å². The van der Waals surface area contributed by atoms with Crippen LogP contribution in [0.5, 0.6) is 0 Å². The van der Waals surface area contributed by atoms with E-state index in [-0.39, 0.29) is 0 Å². The number of methoxy groups -OCH3 is 1. The van der Waals surface area contributed by atoms with E-state index in [9.17, 15) is 22.4 Å². The molecule has 0 saturated carbocycles. The summed E-state index contributed by atoms with van der Waals surface area (Å²) in [6.45, 7) is 2.50. The maximum atomic E-state index is 13.9. The largest absolute Gasteiger partial charge is 0.469 e. The molecule has 0 bridgehead atoms. The minimum Gasteiger partial charge on any atom is -0.469 e. The predicted molar refractivity (Wildman–Crippen MR) is 51.9 cm³/mol. The SMILES string of the molecule is COC(=O)CC(F)(C(=O)C(C)C)S(=O)(=O)O. The quantitative estimate of drug-likeness (QED) is 0.562. The van der Waals surface area contributed by atoms with Crippen LogP contribution in [0.2, 0.25) is 0 Å². The lowest BCUT2D eigenvalue weighted by Gasteiger charge is -2.21. The molecule has 0 rings (SSSR count). The van der Waals surface area contributed by atoms with E-state index >= 15 is 0 Å². The number of hydrogen-bond acceptors (Lipinski definition) is 5. The third kappa shape index (κ3) is 2.99. The van der Waals surface area contributed by atoms with Crippen molar-refractivity contribution in [2.24, 2.45) is 5.92 Å². The number of carbonyl (C=O) groups excluding carboxylic acids is 2. The first-order valence-corrected chi connectivity index (χ1v) is 5.77. The zero-order valence-electron chi connectivity index (χ0n) is 9.06. The lowest BCUT2D eigenvalue weighted by molar-refractivity contribution is -0.146. The molecule has 0 spiro atoms. The summed E-state index contributed by atoms with van der Waals surface area (Å²) in [6, 6.07) is 0. The number of halogens is 1. The number of ether oxygens (including phenoxy) is 1. The third-order valence-corrected chi connectivity index (χ3v) is 3.06. The van der Waals surface area contributed by atoms with Gasteiger partial charge >= 0.3 is 21.1 Å². The zero-order chi connectivity index (χ0) is 13.1. The lowest BCUT2D eigenvalue weighted by Crippen LogP contribution is -2.46. The summed E-state index contributed by atoms with van der Waals surface area (Å²) in [5.41, 5.74) is 0. The smallest absolute Gasteiger partial charge is 0.310 e. The van der Waals surface area contributed by atoms with Crippen LogP contribution in [0, 0.1) is 5.92 Å². The fraction of sp³-hybridized carbons (Fsp3) is 0.750. The molecule has 0 heterocycles. The Hall–Kier alpha value is -1.02. The number of alkyl halides is 1. The monoisotopic (exact) mass is 256 g/mol. The molecule has 8 heteroatoms. The van der Waals surface area contributed by atoms with Gasteiger partial charge in [0.1, 0.15) is 6.42 Å². The van der Waals surface area contributed by atoms with Crippen molar-refractivity contribution in [3.8, 4) is 0 Å². The second-order valence-corrected chi connectivity index (χ2v) is 5.07. The van der Waals surface area contributed by atoms with Crippen LogP contribution >= 0.6 is 0 Å². The highest BCUT2D eigenvalue weighted by atomic mass is 32.2. The molecule has 16 heavy (non-hydrogen) atoms. The first-order chi connectivity index (χ1) is 7.06. The summed E-state index contributed by atoms with van der Waals surface area (Å²) in [6.07, 6.45) is -1.36. The number of hydrogen-bond donors (Lipinski definition) is 1.